The van der Waals surface area contributed by atoms with Crippen LogP contribution in [0.25, 0.3) is 0 Å². The molecule has 1 aromatic heterocycles. The molecule has 10 nitrogen and oxygen atoms in total. The van der Waals surface area contributed by atoms with E-state index in [4.69, 9.17) is 23.2 Å². The first-order valence-corrected chi connectivity index (χ1v) is 10.9. The average molecular weight is 475 g/mol. The van der Waals surface area contributed by atoms with E-state index >= 15 is 0 Å². The fraction of sp³-hybridized carbons (Fsp3) is 0.294. The van der Waals surface area contributed by atoms with E-state index in [1.165, 1.54) is 27.4 Å². The minimum atomic E-state index is -3.90. The standard InChI is InChI=1S/C17H16Cl2N4O6S/c18-12-1-3-14(19)15(9-12)30(28,29)22-7-5-20(6-8-22)17(25)11-21-10-13(23(26)27)2-4-16(21)24/h1-4,9-10H,5-8,11H2. The Labute approximate surface area is 181 Å². The Hall–Kier alpha value is -2.47. The molecule has 2 aromatic rings. The number of carbonyl (C=O) groups is 1. The van der Waals surface area contributed by atoms with Gasteiger partial charge in [0.1, 0.15) is 11.4 Å². The maximum absolute atomic E-state index is 12.8. The maximum atomic E-state index is 12.8. The predicted molar refractivity (Wildman–Crippen MR) is 109 cm³/mol. The van der Waals surface area contributed by atoms with Crippen LogP contribution >= 0.6 is 23.2 Å². The zero-order valence-corrected chi connectivity index (χ0v) is 17.7. The van der Waals surface area contributed by atoms with Gasteiger partial charge in [-0.05, 0) is 18.2 Å². The van der Waals surface area contributed by atoms with Crippen molar-refractivity contribution in [3.8, 4) is 0 Å². The first-order valence-electron chi connectivity index (χ1n) is 8.67. The first kappa shape index (κ1) is 22.2. The molecule has 13 heteroatoms. The smallest absolute Gasteiger partial charge is 0.285 e. The van der Waals surface area contributed by atoms with E-state index in [1.807, 2.05) is 0 Å². The van der Waals surface area contributed by atoms with Crippen LogP contribution in [0.1, 0.15) is 0 Å². The molecular formula is C17H16Cl2N4O6S. The van der Waals surface area contributed by atoms with Crippen LogP contribution < -0.4 is 5.56 Å². The number of rotatable bonds is 5. The van der Waals surface area contributed by atoms with Crippen LogP contribution in [-0.2, 0) is 21.4 Å². The molecule has 1 amide bonds. The van der Waals surface area contributed by atoms with Gasteiger partial charge in [-0.3, -0.25) is 24.3 Å². The lowest BCUT2D eigenvalue weighted by molar-refractivity contribution is -0.385. The summed E-state index contributed by atoms with van der Waals surface area (Å²) in [5.74, 6) is -0.449. The number of aromatic nitrogens is 1. The molecule has 0 spiro atoms. The zero-order chi connectivity index (χ0) is 22.1. The van der Waals surface area contributed by atoms with Gasteiger partial charge in [-0.1, -0.05) is 23.2 Å². The van der Waals surface area contributed by atoms with Crippen LogP contribution in [0, 0.1) is 10.1 Å². The second kappa shape index (κ2) is 8.72. The number of sulfonamides is 1. The summed E-state index contributed by atoms with van der Waals surface area (Å²) in [7, 11) is -3.90. The molecule has 1 aliphatic heterocycles. The Bertz CT molecular complexity index is 1160. The molecule has 160 valence electrons. The topological polar surface area (TPSA) is 123 Å². The summed E-state index contributed by atoms with van der Waals surface area (Å²) in [5, 5.41) is 11.1. The van der Waals surface area contributed by atoms with E-state index in [2.05, 4.69) is 0 Å². The zero-order valence-electron chi connectivity index (χ0n) is 15.4. The van der Waals surface area contributed by atoms with Crippen molar-refractivity contribution >= 4 is 44.8 Å². The SMILES string of the molecule is O=C(Cn1cc([N+](=O)[O-])ccc1=O)N1CCN(S(=O)(=O)c2cc(Cl)ccc2Cl)CC1. The molecular weight excluding hydrogens is 459 g/mol. The predicted octanol–water partition coefficient (Wildman–Crippen LogP) is 1.60. The molecule has 0 bridgehead atoms. The van der Waals surface area contributed by atoms with Crippen LogP contribution in [-0.4, -0.2) is 59.2 Å². The highest BCUT2D eigenvalue weighted by Gasteiger charge is 2.31. The van der Waals surface area contributed by atoms with E-state index in [9.17, 15) is 28.1 Å². The number of carbonyl (C=O) groups excluding carboxylic acids is 1. The summed E-state index contributed by atoms with van der Waals surface area (Å²) in [6.45, 7) is -0.130. The van der Waals surface area contributed by atoms with Crippen molar-refractivity contribution in [3.63, 3.8) is 0 Å². The number of nitrogens with zero attached hydrogens (tertiary/aromatic N) is 4. The molecule has 30 heavy (non-hydrogen) atoms. The largest absolute Gasteiger partial charge is 0.339 e. The highest BCUT2D eigenvalue weighted by Crippen LogP contribution is 2.28. The van der Waals surface area contributed by atoms with Crippen molar-refractivity contribution in [3.05, 3.63) is 67.0 Å². The van der Waals surface area contributed by atoms with Crippen molar-refractivity contribution in [1.82, 2.24) is 13.8 Å². The lowest BCUT2D eigenvalue weighted by Gasteiger charge is -2.34. The normalized spacial score (nSPS) is 15.2. The number of hydrogen-bond donors (Lipinski definition) is 0. The maximum Gasteiger partial charge on any atom is 0.285 e. The minimum Gasteiger partial charge on any atom is -0.339 e. The second-order valence-corrected chi connectivity index (χ2v) is 9.22. The fourth-order valence-corrected chi connectivity index (χ4v) is 5.15. The quantitative estimate of drug-likeness (QED) is 0.478. The highest BCUT2D eigenvalue weighted by atomic mass is 35.5. The Morgan fingerprint density at radius 1 is 1.10 bits per heavy atom. The van der Waals surface area contributed by atoms with Gasteiger partial charge in [0, 0.05) is 43.3 Å². The molecule has 1 aromatic carbocycles. The van der Waals surface area contributed by atoms with Gasteiger partial charge in [-0.25, -0.2) is 8.42 Å². The lowest BCUT2D eigenvalue weighted by atomic mass is 10.3. The second-order valence-electron chi connectivity index (χ2n) is 6.47. The third-order valence-corrected chi connectivity index (χ3v) is 7.20. The van der Waals surface area contributed by atoms with Gasteiger partial charge in [-0.15, -0.1) is 0 Å². The van der Waals surface area contributed by atoms with Gasteiger partial charge in [0.15, 0.2) is 0 Å². The van der Waals surface area contributed by atoms with Crippen LogP contribution in [0.15, 0.2) is 46.2 Å². The van der Waals surface area contributed by atoms with Crippen molar-refractivity contribution in [2.45, 2.75) is 11.4 Å². The third-order valence-electron chi connectivity index (χ3n) is 4.59. The van der Waals surface area contributed by atoms with Gasteiger partial charge in [-0.2, -0.15) is 4.31 Å². The number of nitro groups is 1. The molecule has 0 N–H and O–H groups in total. The molecule has 0 aliphatic carbocycles. The Balaban J connectivity index is 1.69. The first-order chi connectivity index (χ1) is 14.1. The van der Waals surface area contributed by atoms with Crippen LogP contribution in [0.4, 0.5) is 5.69 Å². The summed E-state index contributed by atoms with van der Waals surface area (Å²) in [6, 6.07) is 6.23. The molecule has 0 radical (unpaired) electrons. The van der Waals surface area contributed by atoms with E-state index in [0.29, 0.717) is 0 Å². The Morgan fingerprint density at radius 3 is 2.40 bits per heavy atom. The molecule has 2 heterocycles. The third kappa shape index (κ3) is 4.64. The summed E-state index contributed by atoms with van der Waals surface area (Å²) >= 11 is 11.9. The summed E-state index contributed by atoms with van der Waals surface area (Å²) in [5.41, 5.74) is -0.859. The van der Waals surface area contributed by atoms with Crippen molar-refractivity contribution in [1.29, 1.82) is 0 Å². The number of pyridine rings is 1. The monoisotopic (exact) mass is 474 g/mol. The molecule has 1 aliphatic rings. The van der Waals surface area contributed by atoms with Crippen LogP contribution in [0.3, 0.4) is 0 Å². The van der Waals surface area contributed by atoms with Gasteiger partial charge >= 0.3 is 0 Å². The van der Waals surface area contributed by atoms with E-state index in [1.54, 1.807) is 0 Å². The van der Waals surface area contributed by atoms with Crippen molar-refractivity contribution in [2.75, 3.05) is 26.2 Å². The number of benzene rings is 1. The summed E-state index contributed by atoms with van der Waals surface area (Å²) < 4.78 is 27.8. The number of piperazine rings is 1. The molecule has 3 rings (SSSR count). The molecule has 0 saturated carbocycles. The Kier molecular flexibility index (Phi) is 6.46. The van der Waals surface area contributed by atoms with Gasteiger partial charge < -0.3 is 4.90 Å². The summed E-state index contributed by atoms with van der Waals surface area (Å²) in [4.78, 5) is 35.9. The van der Waals surface area contributed by atoms with E-state index < -0.39 is 26.4 Å². The lowest BCUT2D eigenvalue weighted by Crippen LogP contribution is -2.51. The fourth-order valence-electron chi connectivity index (χ4n) is 2.99. The molecule has 0 atom stereocenters. The Morgan fingerprint density at radius 2 is 1.77 bits per heavy atom. The average Bonchev–Trinajstić information content (AvgIpc) is 2.71. The van der Waals surface area contributed by atoms with Crippen LogP contribution in [0.5, 0.6) is 0 Å². The van der Waals surface area contributed by atoms with Crippen molar-refractivity contribution in [2.24, 2.45) is 0 Å². The number of amides is 1. The van der Waals surface area contributed by atoms with E-state index in [-0.39, 0.29) is 53.4 Å². The van der Waals surface area contributed by atoms with Gasteiger partial charge in [0.05, 0.1) is 16.1 Å². The number of hydrogen-bond acceptors (Lipinski definition) is 6. The molecule has 1 fully saturated rings. The van der Waals surface area contributed by atoms with E-state index in [0.717, 1.165) is 22.9 Å². The highest BCUT2D eigenvalue weighted by molar-refractivity contribution is 7.89. The molecule has 0 unspecified atom stereocenters. The summed E-state index contributed by atoms with van der Waals surface area (Å²) in [6.07, 6.45) is 1.00. The van der Waals surface area contributed by atoms with Crippen molar-refractivity contribution < 1.29 is 18.1 Å². The number of halogens is 2. The van der Waals surface area contributed by atoms with Gasteiger partial charge in [0.2, 0.25) is 15.9 Å². The minimum absolute atomic E-state index is 0.0285. The van der Waals surface area contributed by atoms with Crippen LogP contribution in [0.2, 0.25) is 10.0 Å². The van der Waals surface area contributed by atoms with Gasteiger partial charge in [0.25, 0.3) is 11.2 Å². The molecule has 1 saturated heterocycles.